The largest absolute Gasteiger partial charge is 0.248 e. The van der Waals surface area contributed by atoms with Crippen LogP contribution in [0.5, 0.6) is 0 Å². The minimum Gasteiger partial charge on any atom is -0.248 e. The van der Waals surface area contributed by atoms with E-state index in [1.54, 1.807) is 0 Å². The van der Waals surface area contributed by atoms with Gasteiger partial charge >= 0.3 is 0 Å². The number of benzene rings is 4. The van der Waals surface area contributed by atoms with Crippen molar-refractivity contribution in [1.29, 1.82) is 0 Å². The Morgan fingerprint density at radius 3 is 2.15 bits per heavy atom. The summed E-state index contributed by atoms with van der Waals surface area (Å²) in [5.41, 5.74) is 15.1. The molecule has 34 heavy (non-hydrogen) atoms. The molecule has 0 amide bonds. The fourth-order valence-electron chi connectivity index (χ4n) is 5.72. The van der Waals surface area contributed by atoms with Gasteiger partial charge in [0.15, 0.2) is 0 Å². The molecule has 0 spiro atoms. The molecule has 1 aromatic heterocycles. The topological polar surface area (TPSA) is 12.9 Å². The summed E-state index contributed by atoms with van der Waals surface area (Å²) in [7, 11) is 0. The van der Waals surface area contributed by atoms with Crippen LogP contribution in [0.25, 0.3) is 44.4 Å². The van der Waals surface area contributed by atoms with Gasteiger partial charge in [-0.15, -0.1) is 0 Å². The van der Waals surface area contributed by atoms with Crippen LogP contribution in [0.2, 0.25) is 0 Å². The molecular weight excluding hydrogens is 410 g/mol. The van der Waals surface area contributed by atoms with Gasteiger partial charge in [-0.05, 0) is 89.5 Å². The molecule has 6 rings (SSSR count). The van der Waals surface area contributed by atoms with Crippen molar-refractivity contribution in [2.24, 2.45) is 0 Å². The quantitative estimate of drug-likeness (QED) is 0.268. The van der Waals surface area contributed by atoms with Gasteiger partial charge in [-0.1, -0.05) is 80.1 Å². The number of hydrogen-bond donors (Lipinski definition) is 0. The zero-order chi connectivity index (χ0) is 23.6. The predicted octanol–water partition coefficient (Wildman–Crippen LogP) is 8.80. The van der Waals surface area contributed by atoms with Crippen LogP contribution >= 0.6 is 0 Å². The molecule has 1 nitrogen and oxygen atoms in total. The Labute approximate surface area is 202 Å². The third kappa shape index (κ3) is 3.04. The van der Waals surface area contributed by atoms with Crippen molar-refractivity contribution in [1.82, 2.24) is 4.98 Å². The first kappa shape index (κ1) is 20.9. The minimum absolute atomic E-state index is 0.0411. The standard InChI is InChI=1S/C33H29N/c1-20-15-21(2)22(3)25(16-20)31-18-26(23-11-7-6-8-12-23)28-17-27-24-13-9-10-14-29(24)33(4,5)30(27)19-32(28)34-31/h6-19H,1-5H3. The maximum absolute atomic E-state index is 5.28. The molecule has 0 fully saturated rings. The molecule has 0 radical (unpaired) electrons. The average molecular weight is 440 g/mol. The molecule has 0 atom stereocenters. The highest BCUT2D eigenvalue weighted by Gasteiger charge is 2.35. The van der Waals surface area contributed by atoms with Gasteiger partial charge in [-0.2, -0.15) is 0 Å². The van der Waals surface area contributed by atoms with E-state index >= 15 is 0 Å². The van der Waals surface area contributed by atoms with Crippen molar-refractivity contribution in [2.75, 3.05) is 0 Å². The van der Waals surface area contributed by atoms with Crippen molar-refractivity contribution in [2.45, 2.75) is 40.0 Å². The van der Waals surface area contributed by atoms with Crippen LogP contribution in [0, 0.1) is 20.8 Å². The first-order valence-corrected chi connectivity index (χ1v) is 12.1. The first-order chi connectivity index (χ1) is 16.3. The lowest BCUT2D eigenvalue weighted by molar-refractivity contribution is 0.661. The molecule has 0 aliphatic heterocycles. The zero-order valence-electron chi connectivity index (χ0n) is 20.5. The second-order valence-corrected chi connectivity index (χ2v) is 10.3. The van der Waals surface area contributed by atoms with E-state index in [0.717, 1.165) is 11.2 Å². The number of fused-ring (bicyclic) bond motifs is 4. The van der Waals surface area contributed by atoms with Crippen molar-refractivity contribution in [3.05, 3.63) is 113 Å². The number of aromatic nitrogens is 1. The molecule has 4 aromatic carbocycles. The summed E-state index contributed by atoms with van der Waals surface area (Å²) >= 11 is 0. The molecule has 1 heteroatoms. The molecule has 1 heterocycles. The Morgan fingerprint density at radius 1 is 0.618 bits per heavy atom. The number of pyridine rings is 1. The van der Waals surface area contributed by atoms with Gasteiger partial charge in [-0.25, -0.2) is 4.98 Å². The van der Waals surface area contributed by atoms with Crippen LogP contribution in [0.4, 0.5) is 0 Å². The third-order valence-electron chi connectivity index (χ3n) is 7.68. The third-order valence-corrected chi connectivity index (χ3v) is 7.68. The number of nitrogens with zero attached hydrogens (tertiary/aromatic N) is 1. The van der Waals surface area contributed by atoms with E-state index in [9.17, 15) is 0 Å². The maximum Gasteiger partial charge on any atom is 0.0719 e. The normalized spacial score (nSPS) is 13.7. The second kappa shape index (κ2) is 7.40. The highest BCUT2D eigenvalue weighted by Crippen LogP contribution is 2.50. The summed E-state index contributed by atoms with van der Waals surface area (Å²) in [6, 6.07) is 31.1. The Hall–Kier alpha value is -3.71. The highest BCUT2D eigenvalue weighted by atomic mass is 14.7. The van der Waals surface area contributed by atoms with Crippen LogP contribution in [-0.4, -0.2) is 4.98 Å². The SMILES string of the molecule is Cc1cc(C)c(C)c(-c2cc(-c3ccccc3)c3cc4c(cc3n2)C(C)(C)c2ccccc2-4)c1. The molecule has 1 aliphatic carbocycles. The predicted molar refractivity (Wildman–Crippen MR) is 144 cm³/mol. The van der Waals surface area contributed by atoms with Crippen LogP contribution in [0.3, 0.4) is 0 Å². The van der Waals surface area contributed by atoms with Crippen LogP contribution < -0.4 is 0 Å². The van der Waals surface area contributed by atoms with Gasteiger partial charge < -0.3 is 0 Å². The van der Waals surface area contributed by atoms with Gasteiger partial charge in [0.2, 0.25) is 0 Å². The van der Waals surface area contributed by atoms with Gasteiger partial charge in [0.05, 0.1) is 11.2 Å². The van der Waals surface area contributed by atoms with E-state index in [2.05, 4.69) is 120 Å². The zero-order valence-corrected chi connectivity index (χ0v) is 20.5. The van der Waals surface area contributed by atoms with Crippen molar-refractivity contribution < 1.29 is 0 Å². The Kier molecular flexibility index (Phi) is 4.54. The summed E-state index contributed by atoms with van der Waals surface area (Å²) in [6.07, 6.45) is 0. The minimum atomic E-state index is -0.0411. The van der Waals surface area contributed by atoms with Gasteiger partial charge in [0.1, 0.15) is 0 Å². The van der Waals surface area contributed by atoms with E-state index in [0.29, 0.717) is 0 Å². The van der Waals surface area contributed by atoms with E-state index in [4.69, 9.17) is 4.98 Å². The fraction of sp³-hybridized carbons (Fsp3) is 0.182. The van der Waals surface area contributed by atoms with Crippen molar-refractivity contribution >= 4 is 10.9 Å². The summed E-state index contributed by atoms with van der Waals surface area (Å²) in [5, 5.41) is 1.21. The molecule has 0 saturated carbocycles. The Bertz CT molecular complexity index is 1590. The van der Waals surface area contributed by atoms with E-state index in [1.807, 2.05) is 0 Å². The van der Waals surface area contributed by atoms with E-state index in [1.165, 1.54) is 61.0 Å². The van der Waals surface area contributed by atoms with Gasteiger partial charge in [0.25, 0.3) is 0 Å². The molecule has 1 aliphatic rings. The number of aryl methyl sites for hydroxylation is 2. The first-order valence-electron chi connectivity index (χ1n) is 12.1. The monoisotopic (exact) mass is 439 g/mol. The van der Waals surface area contributed by atoms with Gasteiger partial charge in [-0.3, -0.25) is 0 Å². The molecule has 0 bridgehead atoms. The van der Waals surface area contributed by atoms with E-state index in [-0.39, 0.29) is 5.41 Å². The Balaban J connectivity index is 1.71. The molecular formula is C33H29N. The lowest BCUT2D eigenvalue weighted by Crippen LogP contribution is -2.14. The summed E-state index contributed by atoms with van der Waals surface area (Å²) in [6.45, 7) is 11.2. The number of hydrogen-bond acceptors (Lipinski definition) is 1. The smallest absolute Gasteiger partial charge is 0.0719 e. The van der Waals surface area contributed by atoms with Crippen LogP contribution in [-0.2, 0) is 5.41 Å². The van der Waals surface area contributed by atoms with Crippen molar-refractivity contribution in [3.8, 4) is 33.5 Å². The molecule has 0 N–H and O–H groups in total. The van der Waals surface area contributed by atoms with Crippen LogP contribution in [0.15, 0.2) is 84.9 Å². The van der Waals surface area contributed by atoms with E-state index < -0.39 is 0 Å². The fourth-order valence-corrected chi connectivity index (χ4v) is 5.72. The van der Waals surface area contributed by atoms with Gasteiger partial charge in [0, 0.05) is 16.4 Å². The lowest BCUT2D eigenvalue weighted by Gasteiger charge is -2.22. The molecule has 0 saturated heterocycles. The Morgan fingerprint density at radius 2 is 1.35 bits per heavy atom. The number of rotatable bonds is 2. The summed E-state index contributed by atoms with van der Waals surface area (Å²) in [5.74, 6) is 0. The molecule has 0 unspecified atom stereocenters. The summed E-state index contributed by atoms with van der Waals surface area (Å²) < 4.78 is 0. The van der Waals surface area contributed by atoms with Crippen molar-refractivity contribution in [3.63, 3.8) is 0 Å². The lowest BCUT2D eigenvalue weighted by atomic mass is 9.82. The van der Waals surface area contributed by atoms with Crippen LogP contribution in [0.1, 0.15) is 41.7 Å². The second-order valence-electron chi connectivity index (χ2n) is 10.3. The summed E-state index contributed by atoms with van der Waals surface area (Å²) in [4.78, 5) is 5.28. The maximum atomic E-state index is 5.28. The highest BCUT2D eigenvalue weighted by molar-refractivity contribution is 6.01. The molecule has 5 aromatic rings. The average Bonchev–Trinajstić information content (AvgIpc) is 3.06. The molecule has 166 valence electrons.